The van der Waals surface area contributed by atoms with Crippen molar-refractivity contribution in [2.45, 2.75) is 24.9 Å². The van der Waals surface area contributed by atoms with Gasteiger partial charge in [0.05, 0.1) is 16.9 Å². The second-order valence-corrected chi connectivity index (χ2v) is 6.96. The van der Waals surface area contributed by atoms with Crippen molar-refractivity contribution >= 4 is 33.0 Å². The highest BCUT2D eigenvalue weighted by Crippen LogP contribution is 2.22. The molecule has 108 valence electrons. The van der Waals surface area contributed by atoms with E-state index < -0.39 is 15.9 Å². The zero-order valence-electron chi connectivity index (χ0n) is 10.9. The van der Waals surface area contributed by atoms with Crippen LogP contribution in [0.4, 0.5) is 5.69 Å². The van der Waals surface area contributed by atoms with Crippen molar-refractivity contribution in [3.63, 3.8) is 0 Å². The fourth-order valence-electron chi connectivity index (χ4n) is 1.47. The molecule has 0 spiro atoms. The lowest BCUT2D eigenvalue weighted by Gasteiger charge is -2.05. The maximum Gasteiger partial charge on any atom is 0.280 e. The molecule has 0 bridgehead atoms. The SMILES string of the molecule is CC(C)n1cnc(S(=O)(=O)Nc2csc(C(N)=O)c2)c1. The van der Waals surface area contributed by atoms with Gasteiger partial charge in [-0.1, -0.05) is 0 Å². The zero-order valence-corrected chi connectivity index (χ0v) is 12.5. The van der Waals surface area contributed by atoms with Crippen molar-refractivity contribution in [2.75, 3.05) is 4.72 Å². The number of aromatic nitrogens is 2. The van der Waals surface area contributed by atoms with Gasteiger partial charge < -0.3 is 10.3 Å². The minimum Gasteiger partial charge on any atom is -0.365 e. The van der Waals surface area contributed by atoms with Crippen LogP contribution in [0.3, 0.4) is 0 Å². The summed E-state index contributed by atoms with van der Waals surface area (Å²) in [5.74, 6) is -0.593. The summed E-state index contributed by atoms with van der Waals surface area (Å²) in [4.78, 5) is 15.1. The third-order valence-corrected chi connectivity index (χ3v) is 4.75. The molecule has 2 aromatic heterocycles. The molecule has 2 heterocycles. The van der Waals surface area contributed by atoms with E-state index in [-0.39, 0.29) is 15.9 Å². The maximum atomic E-state index is 12.1. The predicted octanol–water partition coefficient (Wildman–Crippen LogP) is 1.43. The van der Waals surface area contributed by atoms with Gasteiger partial charge in [0, 0.05) is 17.6 Å². The highest BCUT2D eigenvalue weighted by molar-refractivity contribution is 7.92. The van der Waals surface area contributed by atoms with Crippen LogP contribution in [-0.4, -0.2) is 23.9 Å². The predicted molar refractivity (Wildman–Crippen MR) is 76.3 cm³/mol. The summed E-state index contributed by atoms with van der Waals surface area (Å²) in [6.45, 7) is 3.84. The molecule has 2 rings (SSSR count). The zero-order chi connectivity index (χ0) is 14.9. The molecule has 7 nitrogen and oxygen atoms in total. The maximum absolute atomic E-state index is 12.1. The van der Waals surface area contributed by atoms with Crippen molar-refractivity contribution < 1.29 is 13.2 Å². The van der Waals surface area contributed by atoms with E-state index in [4.69, 9.17) is 5.73 Å². The Morgan fingerprint density at radius 2 is 2.20 bits per heavy atom. The first-order chi connectivity index (χ1) is 9.29. The van der Waals surface area contributed by atoms with E-state index in [1.165, 1.54) is 24.0 Å². The smallest absolute Gasteiger partial charge is 0.280 e. The quantitative estimate of drug-likeness (QED) is 0.870. The number of imidazole rings is 1. The van der Waals surface area contributed by atoms with Crippen molar-refractivity contribution in [2.24, 2.45) is 5.73 Å². The van der Waals surface area contributed by atoms with E-state index in [0.717, 1.165) is 11.3 Å². The van der Waals surface area contributed by atoms with E-state index in [1.54, 1.807) is 4.57 Å². The molecule has 20 heavy (non-hydrogen) atoms. The highest BCUT2D eigenvalue weighted by Gasteiger charge is 2.19. The minimum atomic E-state index is -3.77. The Balaban J connectivity index is 2.23. The van der Waals surface area contributed by atoms with Gasteiger partial charge in [-0.15, -0.1) is 11.3 Å². The van der Waals surface area contributed by atoms with Crippen LogP contribution in [0.25, 0.3) is 0 Å². The number of hydrogen-bond acceptors (Lipinski definition) is 5. The summed E-state index contributed by atoms with van der Waals surface area (Å²) in [6.07, 6.45) is 2.91. The first-order valence-electron chi connectivity index (χ1n) is 5.74. The van der Waals surface area contributed by atoms with E-state index >= 15 is 0 Å². The molecule has 0 aliphatic carbocycles. The number of nitrogens with zero attached hydrogens (tertiary/aromatic N) is 2. The summed E-state index contributed by atoms with van der Waals surface area (Å²) in [7, 11) is -3.77. The standard InChI is InChI=1S/C11H14N4O3S2/c1-7(2)15-4-10(13-6-15)20(17,18)14-8-3-9(11(12)16)19-5-8/h3-7,14H,1-2H3,(H2,12,16). The fraction of sp³-hybridized carbons (Fsp3) is 0.273. The van der Waals surface area contributed by atoms with Gasteiger partial charge in [-0.25, -0.2) is 4.98 Å². The number of anilines is 1. The molecule has 0 saturated heterocycles. The summed E-state index contributed by atoms with van der Waals surface area (Å²) in [5, 5.41) is 1.44. The van der Waals surface area contributed by atoms with Crippen LogP contribution >= 0.6 is 11.3 Å². The van der Waals surface area contributed by atoms with Gasteiger partial charge in [-0.05, 0) is 19.9 Å². The van der Waals surface area contributed by atoms with Gasteiger partial charge in [0.1, 0.15) is 0 Å². The molecule has 0 atom stereocenters. The van der Waals surface area contributed by atoms with E-state index in [9.17, 15) is 13.2 Å². The Morgan fingerprint density at radius 1 is 1.50 bits per heavy atom. The lowest BCUT2D eigenvalue weighted by atomic mass is 10.4. The van der Waals surface area contributed by atoms with Crippen molar-refractivity contribution in [1.29, 1.82) is 0 Å². The Morgan fingerprint density at radius 3 is 2.70 bits per heavy atom. The molecule has 0 aromatic carbocycles. The van der Waals surface area contributed by atoms with Gasteiger partial charge >= 0.3 is 0 Å². The van der Waals surface area contributed by atoms with E-state index in [1.807, 2.05) is 13.8 Å². The summed E-state index contributed by atoms with van der Waals surface area (Å²) in [6, 6.07) is 1.51. The molecule has 0 aliphatic heterocycles. The lowest BCUT2D eigenvalue weighted by molar-refractivity contribution is 0.100. The fourth-order valence-corrected chi connectivity index (χ4v) is 3.21. The van der Waals surface area contributed by atoms with Gasteiger partial charge in [-0.2, -0.15) is 8.42 Å². The van der Waals surface area contributed by atoms with Gasteiger partial charge in [-0.3, -0.25) is 9.52 Å². The van der Waals surface area contributed by atoms with E-state index in [0.29, 0.717) is 5.69 Å². The minimum absolute atomic E-state index is 0.0713. The normalized spacial score (nSPS) is 11.8. The molecule has 1 amide bonds. The van der Waals surface area contributed by atoms with Crippen LogP contribution in [0, 0.1) is 0 Å². The average molecular weight is 314 g/mol. The Labute approximate surface area is 120 Å². The number of rotatable bonds is 5. The van der Waals surface area contributed by atoms with Crippen LogP contribution in [0.5, 0.6) is 0 Å². The number of amides is 1. The molecule has 3 N–H and O–H groups in total. The summed E-state index contributed by atoms with van der Waals surface area (Å²) >= 11 is 1.08. The van der Waals surface area contributed by atoms with Crippen LogP contribution in [0.15, 0.2) is 29.0 Å². The topological polar surface area (TPSA) is 107 Å². The third kappa shape index (κ3) is 2.99. The molecular formula is C11H14N4O3S2. The van der Waals surface area contributed by atoms with Crippen molar-refractivity contribution in [1.82, 2.24) is 9.55 Å². The number of carbonyl (C=O) groups excluding carboxylic acids is 1. The second-order valence-electron chi connectivity index (χ2n) is 4.42. The van der Waals surface area contributed by atoms with Crippen molar-refractivity contribution in [3.05, 3.63) is 28.8 Å². The highest BCUT2D eigenvalue weighted by atomic mass is 32.2. The van der Waals surface area contributed by atoms with Gasteiger partial charge in [0.25, 0.3) is 15.9 Å². The molecule has 0 unspecified atom stereocenters. The molecule has 0 aliphatic rings. The number of sulfonamides is 1. The van der Waals surface area contributed by atoms with Crippen LogP contribution in [0.1, 0.15) is 29.6 Å². The number of hydrogen-bond donors (Lipinski definition) is 2. The first kappa shape index (κ1) is 14.5. The molecule has 0 fully saturated rings. The average Bonchev–Trinajstić information content (AvgIpc) is 2.95. The third-order valence-electron chi connectivity index (χ3n) is 2.54. The van der Waals surface area contributed by atoms with E-state index in [2.05, 4.69) is 9.71 Å². The largest absolute Gasteiger partial charge is 0.365 e. The number of nitrogens with one attached hydrogen (secondary N) is 1. The Kier molecular flexibility index (Phi) is 3.82. The van der Waals surface area contributed by atoms with Crippen LogP contribution in [-0.2, 0) is 10.0 Å². The molecule has 2 aromatic rings. The molecule has 9 heteroatoms. The monoisotopic (exact) mass is 314 g/mol. The van der Waals surface area contributed by atoms with Crippen LogP contribution in [0.2, 0.25) is 0 Å². The summed E-state index contributed by atoms with van der Waals surface area (Å²) < 4.78 is 28.3. The number of carbonyl (C=O) groups is 1. The first-order valence-corrected chi connectivity index (χ1v) is 8.10. The van der Waals surface area contributed by atoms with Gasteiger partial charge in [0.15, 0.2) is 5.03 Å². The molecule has 0 saturated carbocycles. The number of thiophene rings is 1. The van der Waals surface area contributed by atoms with Gasteiger partial charge in [0.2, 0.25) is 0 Å². The second kappa shape index (κ2) is 5.25. The molecular weight excluding hydrogens is 300 g/mol. The Hall–Kier alpha value is -1.87. The summed E-state index contributed by atoms with van der Waals surface area (Å²) in [5.41, 5.74) is 5.41. The molecule has 0 radical (unpaired) electrons. The number of nitrogens with two attached hydrogens (primary N) is 1. The Bertz CT molecular complexity index is 730. The number of primary amides is 1. The van der Waals surface area contributed by atoms with Crippen LogP contribution < -0.4 is 10.5 Å². The lowest BCUT2D eigenvalue weighted by Crippen LogP contribution is -2.13. The van der Waals surface area contributed by atoms with Crippen molar-refractivity contribution in [3.8, 4) is 0 Å².